The minimum atomic E-state index is 0.0373. The Kier molecular flexibility index (Phi) is 6.37. The first-order valence-corrected chi connectivity index (χ1v) is 9.67. The summed E-state index contributed by atoms with van der Waals surface area (Å²) in [4.78, 5) is 7.21. The Morgan fingerprint density at radius 2 is 2.12 bits per heavy atom. The number of hydrogen-bond donors (Lipinski definition) is 3. The molecular weight excluding hydrogens is 316 g/mol. The van der Waals surface area contributed by atoms with E-state index < -0.39 is 0 Å². The van der Waals surface area contributed by atoms with Crippen LogP contribution in [0, 0.1) is 5.41 Å². The third kappa shape index (κ3) is 4.98. The molecule has 1 aliphatic heterocycles. The van der Waals surface area contributed by atoms with Crippen LogP contribution in [0.1, 0.15) is 50.8 Å². The van der Waals surface area contributed by atoms with Gasteiger partial charge in [-0.25, -0.2) is 0 Å². The predicted molar refractivity (Wildman–Crippen MR) is 99.6 cm³/mol. The number of nitrogens with zero attached hydrogens (tertiary/aromatic N) is 2. The Morgan fingerprint density at radius 1 is 1.32 bits per heavy atom. The van der Waals surface area contributed by atoms with Gasteiger partial charge in [0.2, 0.25) is 0 Å². The van der Waals surface area contributed by atoms with E-state index in [0.717, 1.165) is 50.7 Å². The van der Waals surface area contributed by atoms with E-state index in [1.54, 1.807) is 6.26 Å². The van der Waals surface area contributed by atoms with E-state index in [0.29, 0.717) is 6.54 Å². The highest BCUT2D eigenvalue weighted by molar-refractivity contribution is 5.79. The molecule has 6 nitrogen and oxygen atoms in total. The number of hydrogen-bond acceptors (Lipinski definition) is 4. The van der Waals surface area contributed by atoms with Crippen LogP contribution in [-0.4, -0.2) is 55.3 Å². The molecule has 2 fully saturated rings. The molecule has 2 heterocycles. The van der Waals surface area contributed by atoms with Crippen LogP contribution in [0.25, 0.3) is 0 Å². The smallest absolute Gasteiger partial charge is 0.191 e. The first-order valence-electron chi connectivity index (χ1n) is 9.67. The summed E-state index contributed by atoms with van der Waals surface area (Å²) in [6.07, 6.45) is 7.74. The Balaban J connectivity index is 1.62. The Labute approximate surface area is 150 Å². The molecule has 3 N–H and O–H groups in total. The number of aliphatic hydroxyl groups is 1. The van der Waals surface area contributed by atoms with Crippen molar-refractivity contribution in [2.24, 2.45) is 10.4 Å². The average molecular weight is 348 g/mol. The van der Waals surface area contributed by atoms with Crippen LogP contribution in [0.3, 0.4) is 0 Å². The van der Waals surface area contributed by atoms with Gasteiger partial charge in [-0.2, -0.15) is 0 Å². The fourth-order valence-electron chi connectivity index (χ4n) is 3.45. The summed E-state index contributed by atoms with van der Waals surface area (Å²) >= 11 is 0. The standard InChI is InChI=1S/C19H32N4O2/c1-2-20-18(22-14-19(15-24)8-9-19)21-13-16(17-7-6-12-25-17)23-10-4-3-5-11-23/h6-7,12,16,24H,2-5,8-11,13-15H2,1H3,(H2,20,21,22). The third-order valence-corrected chi connectivity index (χ3v) is 5.38. The average Bonchev–Trinajstić information content (AvgIpc) is 3.24. The predicted octanol–water partition coefficient (Wildman–Crippen LogP) is 2.13. The van der Waals surface area contributed by atoms with Gasteiger partial charge in [0, 0.05) is 18.5 Å². The van der Waals surface area contributed by atoms with Gasteiger partial charge in [-0.15, -0.1) is 0 Å². The van der Waals surface area contributed by atoms with Gasteiger partial charge >= 0.3 is 0 Å². The van der Waals surface area contributed by atoms with Crippen LogP contribution in [0.2, 0.25) is 0 Å². The zero-order valence-corrected chi connectivity index (χ0v) is 15.3. The van der Waals surface area contributed by atoms with Crippen molar-refractivity contribution in [2.75, 3.05) is 39.3 Å². The number of furan rings is 1. The molecule has 6 heteroatoms. The molecular formula is C19H32N4O2. The van der Waals surface area contributed by atoms with Gasteiger partial charge in [-0.1, -0.05) is 6.42 Å². The van der Waals surface area contributed by atoms with Crippen LogP contribution >= 0.6 is 0 Å². The SMILES string of the molecule is CCNC(=NCC1(CO)CC1)NCC(c1ccco1)N1CCCCC1. The van der Waals surface area contributed by atoms with E-state index in [1.807, 2.05) is 6.07 Å². The highest BCUT2D eigenvalue weighted by Gasteiger charge is 2.41. The summed E-state index contributed by atoms with van der Waals surface area (Å²) in [5.41, 5.74) is 0.0373. The zero-order valence-electron chi connectivity index (χ0n) is 15.3. The van der Waals surface area contributed by atoms with Crippen LogP contribution in [0.15, 0.2) is 27.8 Å². The molecule has 1 unspecified atom stereocenters. The van der Waals surface area contributed by atoms with Gasteiger partial charge < -0.3 is 20.2 Å². The van der Waals surface area contributed by atoms with E-state index in [1.165, 1.54) is 19.3 Å². The fourth-order valence-corrected chi connectivity index (χ4v) is 3.45. The van der Waals surface area contributed by atoms with Gasteiger partial charge in [0.25, 0.3) is 0 Å². The molecule has 3 rings (SSSR count). The summed E-state index contributed by atoms with van der Waals surface area (Å²) in [6.45, 7) is 6.83. The summed E-state index contributed by atoms with van der Waals surface area (Å²) in [5, 5.41) is 16.3. The van der Waals surface area contributed by atoms with Crippen molar-refractivity contribution in [3.05, 3.63) is 24.2 Å². The Hall–Kier alpha value is -1.53. The molecule has 1 saturated carbocycles. The van der Waals surface area contributed by atoms with Crippen molar-refractivity contribution < 1.29 is 9.52 Å². The maximum absolute atomic E-state index is 9.48. The van der Waals surface area contributed by atoms with E-state index in [2.05, 4.69) is 28.5 Å². The lowest BCUT2D eigenvalue weighted by Crippen LogP contribution is -2.44. The molecule has 1 aromatic heterocycles. The number of nitrogens with one attached hydrogen (secondary N) is 2. The number of aliphatic hydroxyl groups excluding tert-OH is 1. The minimum absolute atomic E-state index is 0.0373. The van der Waals surface area contributed by atoms with Gasteiger partial charge in [-0.3, -0.25) is 9.89 Å². The maximum atomic E-state index is 9.48. The van der Waals surface area contributed by atoms with Crippen molar-refractivity contribution in [1.29, 1.82) is 0 Å². The molecule has 1 aliphatic carbocycles. The van der Waals surface area contributed by atoms with Gasteiger partial charge in [-0.05, 0) is 57.8 Å². The number of rotatable bonds is 8. The molecule has 1 atom stereocenters. The van der Waals surface area contributed by atoms with Crippen LogP contribution < -0.4 is 10.6 Å². The van der Waals surface area contributed by atoms with E-state index in [-0.39, 0.29) is 18.1 Å². The molecule has 0 amide bonds. The van der Waals surface area contributed by atoms with E-state index in [4.69, 9.17) is 9.41 Å². The first-order chi connectivity index (χ1) is 12.3. The summed E-state index contributed by atoms with van der Waals surface area (Å²) in [5.74, 6) is 1.84. The van der Waals surface area contributed by atoms with Crippen molar-refractivity contribution in [3.8, 4) is 0 Å². The lowest BCUT2D eigenvalue weighted by molar-refractivity contribution is 0.146. The molecule has 1 saturated heterocycles. The number of guanidine groups is 1. The highest BCUT2D eigenvalue weighted by Crippen LogP contribution is 2.45. The second-order valence-electron chi connectivity index (χ2n) is 7.36. The van der Waals surface area contributed by atoms with Crippen molar-refractivity contribution in [2.45, 2.75) is 45.1 Å². The van der Waals surface area contributed by atoms with Crippen molar-refractivity contribution >= 4 is 5.96 Å². The van der Waals surface area contributed by atoms with E-state index >= 15 is 0 Å². The molecule has 0 aromatic carbocycles. The number of piperidine rings is 1. The van der Waals surface area contributed by atoms with Gasteiger partial charge in [0.1, 0.15) is 5.76 Å². The second kappa shape index (κ2) is 8.72. The summed E-state index contributed by atoms with van der Waals surface area (Å²) in [6, 6.07) is 4.26. The van der Waals surface area contributed by atoms with Gasteiger partial charge in [0.05, 0.1) is 25.5 Å². The largest absolute Gasteiger partial charge is 0.468 e. The molecule has 0 radical (unpaired) electrons. The zero-order chi connectivity index (χ0) is 17.5. The lowest BCUT2D eigenvalue weighted by Gasteiger charge is -2.33. The Bertz CT molecular complexity index is 534. The normalized spacial score (nSPS) is 21.8. The van der Waals surface area contributed by atoms with E-state index in [9.17, 15) is 5.11 Å². The molecule has 1 aromatic rings. The number of likely N-dealkylation sites (tertiary alicyclic amines) is 1. The fraction of sp³-hybridized carbons (Fsp3) is 0.737. The second-order valence-corrected chi connectivity index (χ2v) is 7.36. The van der Waals surface area contributed by atoms with Crippen molar-refractivity contribution in [3.63, 3.8) is 0 Å². The third-order valence-electron chi connectivity index (χ3n) is 5.38. The number of aliphatic imine (C=N–C) groups is 1. The van der Waals surface area contributed by atoms with Crippen LogP contribution in [0.5, 0.6) is 0 Å². The molecule has 140 valence electrons. The quantitative estimate of drug-likeness (QED) is 0.496. The Morgan fingerprint density at radius 3 is 2.72 bits per heavy atom. The lowest BCUT2D eigenvalue weighted by atomic mass is 10.1. The first kappa shape index (κ1) is 18.3. The topological polar surface area (TPSA) is 73.0 Å². The summed E-state index contributed by atoms with van der Waals surface area (Å²) in [7, 11) is 0. The molecule has 0 bridgehead atoms. The summed E-state index contributed by atoms with van der Waals surface area (Å²) < 4.78 is 5.71. The van der Waals surface area contributed by atoms with Crippen LogP contribution in [-0.2, 0) is 0 Å². The molecule has 2 aliphatic rings. The molecule has 25 heavy (non-hydrogen) atoms. The van der Waals surface area contributed by atoms with Crippen molar-refractivity contribution in [1.82, 2.24) is 15.5 Å². The van der Waals surface area contributed by atoms with Gasteiger partial charge in [0.15, 0.2) is 5.96 Å². The minimum Gasteiger partial charge on any atom is -0.468 e. The highest BCUT2D eigenvalue weighted by atomic mass is 16.3. The molecule has 0 spiro atoms. The maximum Gasteiger partial charge on any atom is 0.191 e. The monoisotopic (exact) mass is 348 g/mol. The van der Waals surface area contributed by atoms with Crippen LogP contribution in [0.4, 0.5) is 0 Å².